The molecule has 0 aromatic carbocycles. The molecule has 21 heavy (non-hydrogen) atoms. The number of nitrogens with zero attached hydrogens (tertiary/aromatic N) is 1. The number of carboxylic acids is 1. The summed E-state index contributed by atoms with van der Waals surface area (Å²) in [4.78, 5) is 24.4. The van der Waals surface area contributed by atoms with Crippen molar-refractivity contribution in [1.82, 2.24) is 10.2 Å². The normalized spacial score (nSPS) is 19.4. The maximum atomic E-state index is 12.1. The highest BCUT2D eigenvalue weighted by atomic mass is 16.5. The van der Waals surface area contributed by atoms with Gasteiger partial charge >= 0.3 is 12.0 Å². The molecule has 0 radical (unpaired) electrons. The lowest BCUT2D eigenvalue weighted by atomic mass is 9.90. The van der Waals surface area contributed by atoms with Crippen molar-refractivity contribution in [3.05, 3.63) is 0 Å². The Bertz CT molecular complexity index is 359. The molecule has 1 rings (SSSR count). The largest absolute Gasteiger partial charge is 0.481 e. The first-order valence-electron chi connectivity index (χ1n) is 7.19. The van der Waals surface area contributed by atoms with Crippen LogP contribution in [0.2, 0.25) is 0 Å². The summed E-state index contributed by atoms with van der Waals surface area (Å²) in [6.07, 6.45) is 0.348. The molecule has 1 saturated heterocycles. The summed E-state index contributed by atoms with van der Waals surface area (Å²) in [6.45, 7) is 6.52. The third kappa shape index (κ3) is 6.77. The second-order valence-corrected chi connectivity index (χ2v) is 6.10. The van der Waals surface area contributed by atoms with Crippen LogP contribution in [-0.2, 0) is 14.3 Å². The van der Waals surface area contributed by atoms with Crippen LogP contribution in [0.5, 0.6) is 0 Å². The average molecular weight is 302 g/mol. The van der Waals surface area contributed by atoms with Crippen molar-refractivity contribution in [2.45, 2.75) is 32.8 Å². The number of carboxylic acid groups (broad SMARTS) is 1. The summed E-state index contributed by atoms with van der Waals surface area (Å²) in [7, 11) is 1.66. The zero-order valence-electron chi connectivity index (χ0n) is 13.1. The number of rotatable bonds is 7. The molecule has 0 aromatic rings. The van der Waals surface area contributed by atoms with Crippen LogP contribution in [0.4, 0.5) is 4.79 Å². The molecule has 0 aromatic heterocycles. The fourth-order valence-electron chi connectivity index (χ4n) is 2.12. The molecule has 1 atom stereocenters. The Labute approximate surface area is 125 Å². The van der Waals surface area contributed by atoms with Gasteiger partial charge in [-0.05, 0) is 11.8 Å². The number of nitrogens with one attached hydrogen (secondary N) is 1. The van der Waals surface area contributed by atoms with Gasteiger partial charge in [0, 0.05) is 33.4 Å². The van der Waals surface area contributed by atoms with Crippen LogP contribution in [-0.4, -0.2) is 68.1 Å². The van der Waals surface area contributed by atoms with Gasteiger partial charge in [0.1, 0.15) is 0 Å². The van der Waals surface area contributed by atoms with Gasteiger partial charge in [0.2, 0.25) is 0 Å². The van der Waals surface area contributed by atoms with Crippen molar-refractivity contribution >= 4 is 12.0 Å². The molecule has 2 N–H and O–H groups in total. The number of urea groups is 1. The Hall–Kier alpha value is -1.34. The van der Waals surface area contributed by atoms with E-state index in [1.165, 1.54) is 0 Å². The molecule has 7 heteroatoms. The minimum absolute atomic E-state index is 0.0432. The SMILES string of the molecule is COCCC(C)(C)CNC(=O)N1CCOC(CC(=O)O)C1. The van der Waals surface area contributed by atoms with E-state index in [-0.39, 0.29) is 17.9 Å². The number of ether oxygens (including phenoxy) is 2. The van der Waals surface area contributed by atoms with Crippen molar-refractivity contribution in [2.75, 3.05) is 40.0 Å². The molecule has 7 nitrogen and oxygen atoms in total. The average Bonchev–Trinajstić information content (AvgIpc) is 2.42. The van der Waals surface area contributed by atoms with Crippen LogP contribution in [0.3, 0.4) is 0 Å². The van der Waals surface area contributed by atoms with Gasteiger partial charge in [0.25, 0.3) is 0 Å². The Morgan fingerprint density at radius 2 is 2.19 bits per heavy atom. The second kappa shape index (κ2) is 8.19. The summed E-state index contributed by atoms with van der Waals surface area (Å²) < 4.78 is 10.4. The Kier molecular flexibility index (Phi) is 6.91. The Morgan fingerprint density at radius 3 is 2.81 bits per heavy atom. The highest BCUT2D eigenvalue weighted by molar-refractivity contribution is 5.74. The Balaban J connectivity index is 2.39. The zero-order chi connectivity index (χ0) is 15.9. The number of carbonyl (C=O) groups is 2. The maximum Gasteiger partial charge on any atom is 0.317 e. The third-order valence-corrected chi connectivity index (χ3v) is 3.53. The minimum atomic E-state index is -0.914. The zero-order valence-corrected chi connectivity index (χ0v) is 13.1. The van der Waals surface area contributed by atoms with Crippen molar-refractivity contribution in [1.29, 1.82) is 0 Å². The highest BCUT2D eigenvalue weighted by Gasteiger charge is 2.27. The first-order chi connectivity index (χ1) is 9.84. The van der Waals surface area contributed by atoms with Crippen LogP contribution in [0.1, 0.15) is 26.7 Å². The van der Waals surface area contributed by atoms with Crippen LogP contribution in [0, 0.1) is 5.41 Å². The summed E-state index contributed by atoms with van der Waals surface area (Å²) in [5.41, 5.74) is -0.0432. The molecular formula is C14H26N2O5. The predicted molar refractivity (Wildman–Crippen MR) is 77.2 cm³/mol. The lowest BCUT2D eigenvalue weighted by Gasteiger charge is -2.33. The van der Waals surface area contributed by atoms with E-state index in [1.54, 1.807) is 12.0 Å². The lowest BCUT2D eigenvalue weighted by Crippen LogP contribution is -2.51. The molecule has 1 fully saturated rings. The van der Waals surface area contributed by atoms with E-state index in [0.29, 0.717) is 32.8 Å². The quantitative estimate of drug-likeness (QED) is 0.730. The number of hydrogen-bond acceptors (Lipinski definition) is 4. The monoisotopic (exact) mass is 302 g/mol. The molecule has 0 saturated carbocycles. The van der Waals surface area contributed by atoms with Gasteiger partial charge in [-0.2, -0.15) is 0 Å². The van der Waals surface area contributed by atoms with Crippen molar-refractivity contribution in [2.24, 2.45) is 5.41 Å². The summed E-state index contributed by atoms with van der Waals surface area (Å²) in [5, 5.41) is 11.7. The fourth-order valence-corrected chi connectivity index (χ4v) is 2.12. The van der Waals surface area contributed by atoms with Gasteiger partial charge in [-0.3, -0.25) is 4.79 Å². The van der Waals surface area contributed by atoms with Gasteiger partial charge < -0.3 is 24.8 Å². The topological polar surface area (TPSA) is 88.1 Å². The molecular weight excluding hydrogens is 276 g/mol. The first-order valence-corrected chi connectivity index (χ1v) is 7.19. The smallest absolute Gasteiger partial charge is 0.317 e. The lowest BCUT2D eigenvalue weighted by molar-refractivity contribution is -0.141. The summed E-state index contributed by atoms with van der Waals surface area (Å²) in [6, 6.07) is -0.167. The van der Waals surface area contributed by atoms with Gasteiger partial charge in [0.15, 0.2) is 0 Å². The molecule has 122 valence electrons. The molecule has 0 spiro atoms. The van der Waals surface area contributed by atoms with E-state index in [1.807, 2.05) is 0 Å². The van der Waals surface area contributed by atoms with Gasteiger partial charge in [-0.1, -0.05) is 13.8 Å². The maximum absolute atomic E-state index is 12.1. The van der Waals surface area contributed by atoms with E-state index in [2.05, 4.69) is 19.2 Å². The van der Waals surface area contributed by atoms with Crippen LogP contribution in [0.25, 0.3) is 0 Å². The van der Waals surface area contributed by atoms with Crippen LogP contribution < -0.4 is 5.32 Å². The minimum Gasteiger partial charge on any atom is -0.481 e. The molecule has 1 aliphatic heterocycles. The molecule has 1 unspecified atom stereocenters. The van der Waals surface area contributed by atoms with E-state index in [9.17, 15) is 9.59 Å². The van der Waals surface area contributed by atoms with Gasteiger partial charge in [-0.25, -0.2) is 4.79 Å². The summed E-state index contributed by atoms with van der Waals surface area (Å²) in [5.74, 6) is -0.914. The molecule has 0 bridgehead atoms. The number of morpholine rings is 1. The molecule has 1 aliphatic rings. The number of methoxy groups -OCH3 is 1. The fraction of sp³-hybridized carbons (Fsp3) is 0.857. The van der Waals surface area contributed by atoms with Crippen LogP contribution in [0.15, 0.2) is 0 Å². The predicted octanol–water partition coefficient (Wildman–Crippen LogP) is 0.934. The van der Waals surface area contributed by atoms with Gasteiger partial charge in [0.05, 0.1) is 19.1 Å². The van der Waals surface area contributed by atoms with E-state index < -0.39 is 12.1 Å². The van der Waals surface area contributed by atoms with Crippen molar-refractivity contribution in [3.8, 4) is 0 Å². The Morgan fingerprint density at radius 1 is 1.48 bits per heavy atom. The highest BCUT2D eigenvalue weighted by Crippen LogP contribution is 2.19. The number of amides is 2. The van der Waals surface area contributed by atoms with Crippen LogP contribution >= 0.6 is 0 Å². The standard InChI is InChI=1S/C14H26N2O5/c1-14(2,4-6-20-3)10-15-13(19)16-5-7-21-11(9-16)8-12(17)18/h11H,4-10H2,1-3H3,(H,15,19)(H,17,18). The second-order valence-electron chi connectivity index (χ2n) is 6.10. The van der Waals surface area contributed by atoms with Crippen molar-refractivity contribution in [3.63, 3.8) is 0 Å². The molecule has 0 aliphatic carbocycles. The number of aliphatic carboxylic acids is 1. The van der Waals surface area contributed by atoms with E-state index >= 15 is 0 Å². The first kappa shape index (κ1) is 17.7. The van der Waals surface area contributed by atoms with Gasteiger partial charge in [-0.15, -0.1) is 0 Å². The van der Waals surface area contributed by atoms with Crippen molar-refractivity contribution < 1.29 is 24.2 Å². The van der Waals surface area contributed by atoms with E-state index in [0.717, 1.165) is 6.42 Å². The molecule has 2 amide bonds. The summed E-state index contributed by atoms with van der Waals surface area (Å²) >= 11 is 0. The molecule has 1 heterocycles. The number of hydrogen-bond donors (Lipinski definition) is 2. The third-order valence-electron chi connectivity index (χ3n) is 3.53. The number of carbonyl (C=O) groups excluding carboxylic acids is 1. The van der Waals surface area contributed by atoms with E-state index in [4.69, 9.17) is 14.6 Å².